The number of amides is 2. The number of ether oxygens (including phenoxy) is 2. The lowest BCUT2D eigenvalue weighted by molar-refractivity contribution is 0.0846. The van der Waals surface area contributed by atoms with Crippen LogP contribution < -0.4 is 20.3 Å². The molecule has 27 heavy (non-hydrogen) atoms. The van der Waals surface area contributed by atoms with Gasteiger partial charge in [-0.05, 0) is 50.1 Å². The van der Waals surface area contributed by atoms with Crippen molar-refractivity contribution >= 4 is 11.8 Å². The van der Waals surface area contributed by atoms with Crippen LogP contribution in [-0.4, -0.2) is 25.5 Å². The number of hydrogen-bond donors (Lipinski definition) is 2. The number of methoxy groups -OCH3 is 1. The van der Waals surface area contributed by atoms with E-state index in [1.807, 2.05) is 26.0 Å². The second kappa shape index (κ2) is 9.62. The SMILES string of the molecule is CCCCOc1ccc(C(=O)NNC(=O)c2cc(C)ccc2C)cc1OC. The van der Waals surface area contributed by atoms with Gasteiger partial charge in [-0.25, -0.2) is 0 Å². The molecule has 2 N–H and O–H groups in total. The Morgan fingerprint density at radius 3 is 2.41 bits per heavy atom. The predicted octanol–water partition coefficient (Wildman–Crippen LogP) is 3.57. The van der Waals surface area contributed by atoms with Crippen LogP contribution in [0.2, 0.25) is 0 Å². The summed E-state index contributed by atoms with van der Waals surface area (Å²) < 4.78 is 11.0. The lowest BCUT2D eigenvalue weighted by Gasteiger charge is -2.13. The van der Waals surface area contributed by atoms with Gasteiger partial charge < -0.3 is 9.47 Å². The zero-order valence-corrected chi connectivity index (χ0v) is 16.2. The lowest BCUT2D eigenvalue weighted by atomic mass is 10.1. The molecule has 0 spiro atoms. The number of aryl methyl sites for hydroxylation is 2. The summed E-state index contributed by atoms with van der Waals surface area (Å²) in [4.78, 5) is 24.7. The molecule has 2 amide bonds. The monoisotopic (exact) mass is 370 g/mol. The van der Waals surface area contributed by atoms with Crippen molar-refractivity contribution in [1.82, 2.24) is 10.9 Å². The summed E-state index contributed by atoms with van der Waals surface area (Å²) in [6, 6.07) is 10.5. The minimum absolute atomic E-state index is 0.357. The molecular formula is C21H26N2O4. The third-order valence-corrected chi connectivity index (χ3v) is 4.11. The summed E-state index contributed by atoms with van der Waals surface area (Å²) in [5.74, 6) is 0.254. The molecule has 0 fully saturated rings. The van der Waals surface area contributed by atoms with E-state index in [1.54, 1.807) is 24.3 Å². The lowest BCUT2D eigenvalue weighted by Crippen LogP contribution is -2.41. The van der Waals surface area contributed by atoms with Gasteiger partial charge in [0.25, 0.3) is 11.8 Å². The Morgan fingerprint density at radius 2 is 1.70 bits per heavy atom. The third kappa shape index (κ3) is 5.48. The van der Waals surface area contributed by atoms with E-state index in [2.05, 4.69) is 17.8 Å². The van der Waals surface area contributed by atoms with Gasteiger partial charge in [-0.3, -0.25) is 20.4 Å². The topological polar surface area (TPSA) is 76.7 Å². The Bertz CT molecular complexity index is 818. The molecule has 0 saturated heterocycles. The average molecular weight is 370 g/mol. The van der Waals surface area contributed by atoms with Crippen LogP contribution in [0.4, 0.5) is 0 Å². The van der Waals surface area contributed by atoms with E-state index in [0.717, 1.165) is 24.0 Å². The quantitative estimate of drug-likeness (QED) is 0.577. The van der Waals surface area contributed by atoms with Gasteiger partial charge in [-0.15, -0.1) is 0 Å². The maximum absolute atomic E-state index is 12.3. The summed E-state index contributed by atoms with van der Waals surface area (Å²) in [5.41, 5.74) is 7.57. The van der Waals surface area contributed by atoms with Crippen LogP contribution >= 0.6 is 0 Å². The normalized spacial score (nSPS) is 10.2. The molecule has 0 aromatic heterocycles. The van der Waals surface area contributed by atoms with Crippen LogP contribution in [0.25, 0.3) is 0 Å². The van der Waals surface area contributed by atoms with Crippen molar-refractivity contribution in [1.29, 1.82) is 0 Å². The number of nitrogens with one attached hydrogen (secondary N) is 2. The van der Waals surface area contributed by atoms with E-state index in [9.17, 15) is 9.59 Å². The molecule has 0 saturated carbocycles. The average Bonchev–Trinajstić information content (AvgIpc) is 2.68. The number of hydrogen-bond acceptors (Lipinski definition) is 4. The number of benzene rings is 2. The molecule has 2 rings (SSSR count). The first-order chi connectivity index (χ1) is 13.0. The molecule has 0 atom stereocenters. The molecule has 6 nitrogen and oxygen atoms in total. The molecule has 0 aliphatic carbocycles. The first kappa shape index (κ1) is 20.3. The zero-order valence-electron chi connectivity index (χ0n) is 16.2. The predicted molar refractivity (Wildman–Crippen MR) is 104 cm³/mol. The third-order valence-electron chi connectivity index (χ3n) is 4.11. The highest BCUT2D eigenvalue weighted by molar-refractivity contribution is 6.00. The molecule has 0 unspecified atom stereocenters. The minimum atomic E-state index is -0.438. The standard InChI is InChI=1S/C21H26N2O4/c1-5-6-11-27-18-10-9-16(13-19(18)26-4)20(24)22-23-21(25)17-12-14(2)7-8-15(17)3/h7-10,12-13H,5-6,11H2,1-4H3,(H,22,24)(H,23,25). The van der Waals surface area contributed by atoms with E-state index in [0.29, 0.717) is 29.2 Å². The van der Waals surface area contributed by atoms with E-state index < -0.39 is 5.91 Å². The zero-order chi connectivity index (χ0) is 19.8. The Morgan fingerprint density at radius 1 is 0.963 bits per heavy atom. The molecule has 0 bridgehead atoms. The Labute approximate surface area is 159 Å². The van der Waals surface area contributed by atoms with Gasteiger partial charge in [0, 0.05) is 11.1 Å². The van der Waals surface area contributed by atoms with Gasteiger partial charge in [0.15, 0.2) is 11.5 Å². The summed E-state index contributed by atoms with van der Waals surface area (Å²) in [7, 11) is 1.52. The van der Waals surface area contributed by atoms with Crippen molar-refractivity contribution in [3.63, 3.8) is 0 Å². The smallest absolute Gasteiger partial charge is 0.269 e. The first-order valence-electron chi connectivity index (χ1n) is 8.95. The Kier molecular flexibility index (Phi) is 7.23. The molecule has 6 heteroatoms. The molecule has 0 aliphatic heterocycles. The van der Waals surface area contributed by atoms with Crippen LogP contribution in [0.15, 0.2) is 36.4 Å². The molecule has 2 aromatic carbocycles. The highest BCUT2D eigenvalue weighted by Gasteiger charge is 2.14. The fourth-order valence-corrected chi connectivity index (χ4v) is 2.49. The van der Waals surface area contributed by atoms with Crippen molar-refractivity contribution in [2.75, 3.05) is 13.7 Å². The van der Waals surface area contributed by atoms with Crippen molar-refractivity contribution < 1.29 is 19.1 Å². The summed E-state index contributed by atoms with van der Waals surface area (Å²) in [5, 5.41) is 0. The second-order valence-corrected chi connectivity index (χ2v) is 6.29. The fourth-order valence-electron chi connectivity index (χ4n) is 2.49. The van der Waals surface area contributed by atoms with Crippen LogP contribution in [0, 0.1) is 13.8 Å². The van der Waals surface area contributed by atoms with Gasteiger partial charge in [-0.2, -0.15) is 0 Å². The largest absolute Gasteiger partial charge is 0.493 e. The maximum Gasteiger partial charge on any atom is 0.269 e. The number of carbonyl (C=O) groups excluding carboxylic acids is 2. The van der Waals surface area contributed by atoms with Crippen LogP contribution in [-0.2, 0) is 0 Å². The van der Waals surface area contributed by atoms with E-state index in [4.69, 9.17) is 9.47 Å². The van der Waals surface area contributed by atoms with Gasteiger partial charge in [-0.1, -0.05) is 31.0 Å². The van der Waals surface area contributed by atoms with Crippen molar-refractivity contribution in [3.05, 3.63) is 58.7 Å². The molecular weight excluding hydrogens is 344 g/mol. The highest BCUT2D eigenvalue weighted by Crippen LogP contribution is 2.28. The number of unbranched alkanes of at least 4 members (excludes halogenated alkanes) is 1. The summed E-state index contributed by atoms with van der Waals surface area (Å²) in [6.07, 6.45) is 1.97. The van der Waals surface area contributed by atoms with Gasteiger partial charge >= 0.3 is 0 Å². The Hall–Kier alpha value is -3.02. The summed E-state index contributed by atoms with van der Waals surface area (Å²) >= 11 is 0. The van der Waals surface area contributed by atoms with Gasteiger partial charge in [0.2, 0.25) is 0 Å². The fraction of sp³-hybridized carbons (Fsp3) is 0.333. The van der Waals surface area contributed by atoms with Crippen molar-refractivity contribution in [3.8, 4) is 11.5 Å². The van der Waals surface area contributed by atoms with E-state index in [1.165, 1.54) is 7.11 Å². The maximum atomic E-state index is 12.3. The molecule has 0 radical (unpaired) electrons. The van der Waals surface area contributed by atoms with E-state index in [-0.39, 0.29) is 5.91 Å². The van der Waals surface area contributed by atoms with Crippen LogP contribution in [0.1, 0.15) is 51.6 Å². The van der Waals surface area contributed by atoms with E-state index >= 15 is 0 Å². The van der Waals surface area contributed by atoms with Gasteiger partial charge in [0.1, 0.15) is 0 Å². The highest BCUT2D eigenvalue weighted by atomic mass is 16.5. The number of hydrazine groups is 1. The Balaban J connectivity index is 2.03. The number of rotatable bonds is 7. The van der Waals surface area contributed by atoms with Crippen molar-refractivity contribution in [2.24, 2.45) is 0 Å². The van der Waals surface area contributed by atoms with Crippen LogP contribution in [0.3, 0.4) is 0 Å². The first-order valence-corrected chi connectivity index (χ1v) is 8.95. The minimum Gasteiger partial charge on any atom is -0.493 e. The van der Waals surface area contributed by atoms with Gasteiger partial charge in [0.05, 0.1) is 13.7 Å². The molecule has 0 aliphatic rings. The number of carbonyl (C=O) groups is 2. The van der Waals surface area contributed by atoms with Crippen LogP contribution in [0.5, 0.6) is 11.5 Å². The summed E-state index contributed by atoms with van der Waals surface area (Å²) in [6.45, 7) is 6.42. The molecule has 0 heterocycles. The molecule has 144 valence electrons. The van der Waals surface area contributed by atoms with Crippen molar-refractivity contribution in [2.45, 2.75) is 33.6 Å². The molecule has 2 aromatic rings. The second-order valence-electron chi connectivity index (χ2n) is 6.29.